The van der Waals surface area contributed by atoms with Crippen LogP contribution in [0.25, 0.3) is 112 Å². The van der Waals surface area contributed by atoms with E-state index < -0.39 is 0 Å². The first-order valence-corrected chi connectivity index (χ1v) is 24.2. The minimum atomic E-state index is -0.299. The molecule has 334 valence electrons. The SMILES string of the molecule is C=C/C(=C\C1=C(C)c2c(C)cc(-c3ccc(-c4c(/C=C\C)c(C=C)c(-c5ccccc5)c5ccccc45)c4ccccc34)cc2C1(C)C)c1c(C=C)c(/C=C\C)c(-c2ccccc2)c2ccccc12. The minimum Gasteiger partial charge on any atom is -0.0984 e. The van der Waals surface area contributed by atoms with Crippen molar-refractivity contribution >= 4 is 67.8 Å². The van der Waals surface area contributed by atoms with Crippen molar-refractivity contribution in [3.63, 3.8) is 0 Å². The molecular formula is C69H58. The van der Waals surface area contributed by atoms with E-state index in [1.807, 2.05) is 18.2 Å². The van der Waals surface area contributed by atoms with E-state index in [0.29, 0.717) is 0 Å². The van der Waals surface area contributed by atoms with Gasteiger partial charge in [-0.3, -0.25) is 0 Å². The number of rotatable bonds is 11. The van der Waals surface area contributed by atoms with Crippen LogP contribution in [0.5, 0.6) is 0 Å². The second kappa shape index (κ2) is 18.2. The van der Waals surface area contributed by atoms with Gasteiger partial charge in [-0.1, -0.05) is 228 Å². The molecule has 0 heterocycles. The second-order valence-electron chi connectivity index (χ2n) is 18.8. The zero-order valence-corrected chi connectivity index (χ0v) is 40.8. The number of fused-ring (bicyclic) bond motifs is 4. The monoisotopic (exact) mass is 886 g/mol. The summed E-state index contributed by atoms with van der Waals surface area (Å²) in [6.45, 7) is 26.9. The summed E-state index contributed by atoms with van der Waals surface area (Å²) in [5, 5.41) is 7.29. The summed E-state index contributed by atoms with van der Waals surface area (Å²) in [6.07, 6.45) is 17.3. The lowest BCUT2D eigenvalue weighted by Crippen LogP contribution is -2.17. The zero-order valence-electron chi connectivity index (χ0n) is 40.8. The molecule has 10 rings (SSSR count). The summed E-state index contributed by atoms with van der Waals surface area (Å²) < 4.78 is 0. The molecule has 1 aliphatic rings. The van der Waals surface area contributed by atoms with Crippen molar-refractivity contribution in [3.8, 4) is 44.5 Å². The van der Waals surface area contributed by atoms with Gasteiger partial charge in [0.2, 0.25) is 0 Å². The minimum absolute atomic E-state index is 0.299. The molecule has 0 amide bonds. The van der Waals surface area contributed by atoms with Gasteiger partial charge >= 0.3 is 0 Å². The highest BCUT2D eigenvalue weighted by atomic mass is 14.4. The molecule has 0 saturated carbocycles. The van der Waals surface area contributed by atoms with Gasteiger partial charge in [-0.2, -0.15) is 0 Å². The summed E-state index contributed by atoms with van der Waals surface area (Å²) in [5.41, 5.74) is 22.8. The predicted molar refractivity (Wildman–Crippen MR) is 305 cm³/mol. The first-order valence-electron chi connectivity index (χ1n) is 24.2. The van der Waals surface area contributed by atoms with Crippen LogP contribution in [0.4, 0.5) is 0 Å². The molecule has 0 radical (unpaired) electrons. The van der Waals surface area contributed by atoms with E-state index in [1.165, 1.54) is 110 Å². The van der Waals surface area contributed by atoms with E-state index in [-0.39, 0.29) is 5.41 Å². The van der Waals surface area contributed by atoms with Crippen LogP contribution in [0.2, 0.25) is 0 Å². The van der Waals surface area contributed by atoms with Gasteiger partial charge in [0, 0.05) is 5.41 Å². The van der Waals surface area contributed by atoms with Crippen LogP contribution in [0.15, 0.2) is 207 Å². The average Bonchev–Trinajstić information content (AvgIpc) is 3.57. The van der Waals surface area contributed by atoms with Crippen molar-refractivity contribution in [3.05, 3.63) is 252 Å². The lowest BCUT2D eigenvalue weighted by molar-refractivity contribution is 0.654. The molecule has 69 heavy (non-hydrogen) atoms. The molecule has 0 N–H and O–H groups in total. The van der Waals surface area contributed by atoms with Crippen LogP contribution in [0, 0.1) is 6.92 Å². The van der Waals surface area contributed by atoms with E-state index in [1.54, 1.807) is 0 Å². The summed E-state index contributed by atoms with van der Waals surface area (Å²) >= 11 is 0. The highest BCUT2D eigenvalue weighted by Crippen LogP contribution is 2.52. The Morgan fingerprint density at radius 2 is 0.913 bits per heavy atom. The fourth-order valence-electron chi connectivity index (χ4n) is 11.6. The van der Waals surface area contributed by atoms with Gasteiger partial charge in [0.25, 0.3) is 0 Å². The quantitative estimate of drug-likeness (QED) is 0.114. The molecule has 1 aliphatic carbocycles. The van der Waals surface area contributed by atoms with E-state index >= 15 is 0 Å². The number of hydrogen-bond acceptors (Lipinski definition) is 0. The molecule has 0 saturated heterocycles. The van der Waals surface area contributed by atoms with Gasteiger partial charge in [0.15, 0.2) is 0 Å². The highest BCUT2D eigenvalue weighted by molar-refractivity contribution is 6.17. The maximum atomic E-state index is 4.48. The van der Waals surface area contributed by atoms with E-state index in [4.69, 9.17) is 0 Å². The number of aryl methyl sites for hydroxylation is 1. The third-order valence-corrected chi connectivity index (χ3v) is 14.6. The summed E-state index contributed by atoms with van der Waals surface area (Å²) in [5.74, 6) is 0. The molecule has 0 heteroatoms. The third-order valence-electron chi connectivity index (χ3n) is 14.6. The molecule has 0 aliphatic heterocycles. The topological polar surface area (TPSA) is 0 Å². The average molecular weight is 887 g/mol. The maximum Gasteiger partial charge on any atom is 0.0155 e. The van der Waals surface area contributed by atoms with Gasteiger partial charge < -0.3 is 0 Å². The summed E-state index contributed by atoms with van der Waals surface area (Å²) in [7, 11) is 0. The van der Waals surface area contributed by atoms with Gasteiger partial charge in [0.05, 0.1) is 0 Å². The Labute approximate surface area is 409 Å². The van der Waals surface area contributed by atoms with Crippen LogP contribution in [0.3, 0.4) is 0 Å². The van der Waals surface area contributed by atoms with Gasteiger partial charge in [-0.25, -0.2) is 0 Å². The largest absolute Gasteiger partial charge is 0.0984 e. The fraction of sp³-hybridized carbons (Fsp3) is 0.101. The molecule has 9 aromatic rings. The Kier molecular flexibility index (Phi) is 11.8. The summed E-state index contributed by atoms with van der Waals surface area (Å²) in [6, 6.07) is 57.7. The number of allylic oxidation sites excluding steroid dienone is 7. The Balaban J connectivity index is 1.13. The van der Waals surface area contributed by atoms with Crippen LogP contribution in [-0.4, -0.2) is 0 Å². The summed E-state index contributed by atoms with van der Waals surface area (Å²) in [4.78, 5) is 0. The van der Waals surface area contributed by atoms with Crippen molar-refractivity contribution < 1.29 is 0 Å². The first-order chi connectivity index (χ1) is 33.7. The van der Waals surface area contributed by atoms with E-state index in [0.717, 1.165) is 27.8 Å². The van der Waals surface area contributed by atoms with E-state index in [9.17, 15) is 0 Å². The number of benzene rings is 9. The van der Waals surface area contributed by atoms with Crippen LogP contribution >= 0.6 is 0 Å². The Morgan fingerprint density at radius 1 is 0.449 bits per heavy atom. The molecule has 0 spiro atoms. The molecule has 0 atom stereocenters. The lowest BCUT2D eigenvalue weighted by atomic mass is 9.77. The van der Waals surface area contributed by atoms with Gasteiger partial charge in [0.1, 0.15) is 0 Å². The molecule has 0 bridgehead atoms. The maximum absolute atomic E-state index is 4.48. The van der Waals surface area contributed by atoms with Crippen molar-refractivity contribution in [2.75, 3.05) is 0 Å². The normalized spacial score (nSPS) is 13.6. The van der Waals surface area contributed by atoms with Crippen LogP contribution in [-0.2, 0) is 5.41 Å². The second-order valence-corrected chi connectivity index (χ2v) is 18.8. The van der Waals surface area contributed by atoms with Crippen molar-refractivity contribution in [2.24, 2.45) is 0 Å². The van der Waals surface area contributed by atoms with Crippen molar-refractivity contribution in [1.29, 1.82) is 0 Å². The van der Waals surface area contributed by atoms with Gasteiger partial charge in [-0.05, 0) is 178 Å². The lowest BCUT2D eigenvalue weighted by Gasteiger charge is -2.26. The molecular weight excluding hydrogens is 829 g/mol. The highest BCUT2D eigenvalue weighted by Gasteiger charge is 2.37. The van der Waals surface area contributed by atoms with Crippen molar-refractivity contribution in [2.45, 2.75) is 47.0 Å². The molecule has 0 fully saturated rings. The van der Waals surface area contributed by atoms with Gasteiger partial charge in [-0.15, -0.1) is 0 Å². The van der Waals surface area contributed by atoms with Crippen molar-refractivity contribution in [1.82, 2.24) is 0 Å². The molecule has 0 unspecified atom stereocenters. The Morgan fingerprint density at radius 3 is 1.46 bits per heavy atom. The fourth-order valence-corrected chi connectivity index (χ4v) is 11.6. The smallest absolute Gasteiger partial charge is 0.0155 e. The Bertz CT molecular complexity index is 3690. The van der Waals surface area contributed by atoms with Crippen LogP contribution in [0.1, 0.15) is 79.1 Å². The third kappa shape index (κ3) is 7.31. The van der Waals surface area contributed by atoms with Crippen LogP contribution < -0.4 is 0 Å². The van der Waals surface area contributed by atoms with E-state index in [2.05, 4.69) is 249 Å². The first kappa shape index (κ1) is 44.8. The molecule has 0 aromatic heterocycles. The standard InChI is InChI=1S/C69H58/c1-10-27-55-50(13-4)65(57-35-23-24-36-58(57)67(55)48-31-19-16-20-32-48)46(12-3)42-62-45(7)64-44(6)41-49(43-63(64)69(62,8)9)52-39-40-61(54-34-22-21-33-53(52)54)68-56(28-11-2)51(14-5)66(47-29-17-15-18-30-47)59-37-25-26-38-60(59)68/h10-43H,3-5H2,1-2,6-9H3/b27-10-,28-11-,46-42+. The predicted octanol–water partition coefficient (Wildman–Crippen LogP) is 19.8. The molecule has 9 aromatic carbocycles. The Hall–Kier alpha value is -8.06. The zero-order chi connectivity index (χ0) is 48.0. The number of hydrogen-bond donors (Lipinski definition) is 0. The molecule has 0 nitrogen and oxygen atoms in total.